The van der Waals surface area contributed by atoms with Crippen molar-refractivity contribution >= 4 is 11.6 Å². The van der Waals surface area contributed by atoms with Crippen LogP contribution >= 0.6 is 0 Å². The van der Waals surface area contributed by atoms with E-state index in [1.807, 2.05) is 0 Å². The van der Waals surface area contributed by atoms with Crippen molar-refractivity contribution < 1.29 is 4.79 Å². The highest BCUT2D eigenvalue weighted by Crippen LogP contribution is 2.51. The maximum atomic E-state index is 11.9. The van der Waals surface area contributed by atoms with Crippen molar-refractivity contribution in [3.05, 3.63) is 18.2 Å². The first-order chi connectivity index (χ1) is 8.38. The van der Waals surface area contributed by atoms with Crippen LogP contribution < -0.4 is 5.32 Å². The molecule has 1 aliphatic rings. The Morgan fingerprint density at radius 1 is 1.44 bits per heavy atom. The molecule has 0 aliphatic heterocycles. The van der Waals surface area contributed by atoms with Crippen LogP contribution in [0.4, 0.5) is 5.69 Å². The molecule has 2 rings (SSSR count). The molecule has 4 nitrogen and oxygen atoms in total. The zero-order valence-corrected chi connectivity index (χ0v) is 11.5. The zero-order chi connectivity index (χ0) is 13.3. The van der Waals surface area contributed by atoms with Crippen LogP contribution in [0.15, 0.2) is 12.4 Å². The van der Waals surface area contributed by atoms with Crippen LogP contribution in [0, 0.1) is 17.3 Å². The lowest BCUT2D eigenvalue weighted by atomic mass is 10.1. The molecule has 1 fully saturated rings. The molecule has 0 unspecified atom stereocenters. The van der Waals surface area contributed by atoms with E-state index in [2.05, 4.69) is 43.0 Å². The minimum absolute atomic E-state index is 0.0835. The molecule has 1 amide bonds. The average Bonchev–Trinajstić information content (AvgIpc) is 2.90. The number of nitrogens with zero attached hydrogens (tertiary/aromatic N) is 2. The third kappa shape index (κ3) is 3.06. The Bertz CT molecular complexity index is 437. The minimum Gasteiger partial charge on any atom is -0.323 e. The Labute approximate surface area is 108 Å². The molecular formula is C14H21N3O. The second-order valence-electron chi connectivity index (χ2n) is 6.22. The number of nitrogens with one attached hydrogen (secondary N) is 1. The second-order valence-corrected chi connectivity index (χ2v) is 6.22. The first-order valence-corrected chi connectivity index (χ1v) is 6.50. The van der Waals surface area contributed by atoms with Crippen LogP contribution in [-0.4, -0.2) is 15.9 Å². The van der Waals surface area contributed by atoms with E-state index in [1.54, 1.807) is 12.4 Å². The van der Waals surface area contributed by atoms with Crippen LogP contribution in [-0.2, 0) is 11.2 Å². The van der Waals surface area contributed by atoms with Crippen LogP contribution in [0.25, 0.3) is 0 Å². The van der Waals surface area contributed by atoms with Gasteiger partial charge in [0.2, 0.25) is 5.91 Å². The summed E-state index contributed by atoms with van der Waals surface area (Å²) in [7, 11) is 0. The molecule has 18 heavy (non-hydrogen) atoms. The van der Waals surface area contributed by atoms with E-state index in [9.17, 15) is 4.79 Å². The molecule has 0 bridgehead atoms. The number of carbonyl (C=O) groups is 1. The summed E-state index contributed by atoms with van der Waals surface area (Å²) in [6.07, 6.45) is 5.21. The van der Waals surface area contributed by atoms with Gasteiger partial charge in [-0.3, -0.25) is 4.79 Å². The molecule has 0 radical (unpaired) electrons. The summed E-state index contributed by atoms with van der Waals surface area (Å²) in [6, 6.07) is 0. The summed E-state index contributed by atoms with van der Waals surface area (Å²) >= 11 is 0. The van der Waals surface area contributed by atoms with Gasteiger partial charge in [-0.1, -0.05) is 27.7 Å². The van der Waals surface area contributed by atoms with E-state index < -0.39 is 0 Å². The smallest absolute Gasteiger partial charge is 0.228 e. The third-order valence-corrected chi connectivity index (χ3v) is 3.39. The predicted octanol–water partition coefficient (Wildman–Crippen LogP) is 2.66. The summed E-state index contributed by atoms with van der Waals surface area (Å²) in [5, 5.41) is 2.88. The Kier molecular flexibility index (Phi) is 3.37. The van der Waals surface area contributed by atoms with Crippen molar-refractivity contribution in [3.8, 4) is 0 Å². The van der Waals surface area contributed by atoms with Gasteiger partial charge in [-0.2, -0.15) is 0 Å². The molecule has 1 N–H and O–H groups in total. The summed E-state index contributed by atoms with van der Waals surface area (Å²) in [4.78, 5) is 20.4. The van der Waals surface area contributed by atoms with E-state index in [-0.39, 0.29) is 17.2 Å². The number of rotatable bonds is 4. The Hall–Kier alpha value is -1.45. The SMILES string of the molecule is CC(C)Cc1ncc(NC(=O)[C@H]2CC2(C)C)cn1. The zero-order valence-electron chi connectivity index (χ0n) is 11.5. The van der Waals surface area contributed by atoms with Gasteiger partial charge in [0.15, 0.2) is 0 Å². The number of anilines is 1. The van der Waals surface area contributed by atoms with E-state index in [1.165, 1.54) is 0 Å². The van der Waals surface area contributed by atoms with Gasteiger partial charge in [-0.15, -0.1) is 0 Å². The Morgan fingerprint density at radius 2 is 2.00 bits per heavy atom. The van der Waals surface area contributed by atoms with Gasteiger partial charge in [-0.25, -0.2) is 9.97 Å². The van der Waals surface area contributed by atoms with Gasteiger partial charge in [0.25, 0.3) is 0 Å². The van der Waals surface area contributed by atoms with Crippen LogP contribution in [0.2, 0.25) is 0 Å². The van der Waals surface area contributed by atoms with E-state index in [0.717, 1.165) is 18.7 Å². The monoisotopic (exact) mass is 247 g/mol. The lowest BCUT2D eigenvalue weighted by molar-refractivity contribution is -0.118. The molecule has 4 heteroatoms. The van der Waals surface area contributed by atoms with Gasteiger partial charge < -0.3 is 5.32 Å². The maximum absolute atomic E-state index is 11.9. The van der Waals surface area contributed by atoms with E-state index in [4.69, 9.17) is 0 Å². The fraction of sp³-hybridized carbons (Fsp3) is 0.643. The Balaban J connectivity index is 1.92. The van der Waals surface area contributed by atoms with Gasteiger partial charge in [-0.05, 0) is 17.8 Å². The summed E-state index contributed by atoms with van der Waals surface area (Å²) in [5.74, 6) is 1.58. The quantitative estimate of drug-likeness (QED) is 0.890. The minimum atomic E-state index is 0.0835. The molecule has 0 saturated heterocycles. The maximum Gasteiger partial charge on any atom is 0.228 e. The third-order valence-electron chi connectivity index (χ3n) is 3.39. The molecule has 1 aliphatic carbocycles. The number of aromatic nitrogens is 2. The van der Waals surface area contributed by atoms with Gasteiger partial charge in [0.1, 0.15) is 5.82 Å². The standard InChI is InChI=1S/C14H21N3O/c1-9(2)5-12-15-7-10(8-16-12)17-13(18)11-6-14(11,3)4/h7-9,11H,5-6H2,1-4H3,(H,17,18)/t11-/m1/s1. The van der Waals surface area contributed by atoms with E-state index >= 15 is 0 Å². The average molecular weight is 247 g/mol. The lowest BCUT2D eigenvalue weighted by Crippen LogP contribution is -2.17. The summed E-state index contributed by atoms with van der Waals surface area (Å²) in [6.45, 7) is 8.49. The van der Waals surface area contributed by atoms with Crippen molar-refractivity contribution in [2.45, 2.75) is 40.5 Å². The van der Waals surface area contributed by atoms with Crippen molar-refractivity contribution in [3.63, 3.8) is 0 Å². The van der Waals surface area contributed by atoms with Gasteiger partial charge in [0, 0.05) is 12.3 Å². The number of hydrogen-bond donors (Lipinski definition) is 1. The molecule has 98 valence electrons. The molecule has 1 saturated carbocycles. The highest BCUT2D eigenvalue weighted by atomic mass is 16.2. The largest absolute Gasteiger partial charge is 0.323 e. The molecular weight excluding hydrogens is 226 g/mol. The van der Waals surface area contributed by atoms with Crippen LogP contribution in [0.1, 0.15) is 39.9 Å². The van der Waals surface area contributed by atoms with Crippen molar-refractivity contribution in [1.82, 2.24) is 9.97 Å². The second kappa shape index (κ2) is 4.67. The van der Waals surface area contributed by atoms with Crippen molar-refractivity contribution in [2.75, 3.05) is 5.32 Å². The Morgan fingerprint density at radius 3 is 2.44 bits per heavy atom. The topological polar surface area (TPSA) is 54.9 Å². The van der Waals surface area contributed by atoms with Crippen LogP contribution in [0.3, 0.4) is 0 Å². The number of amides is 1. The lowest BCUT2D eigenvalue weighted by Gasteiger charge is -2.07. The predicted molar refractivity (Wildman–Crippen MR) is 71.1 cm³/mol. The fourth-order valence-electron chi connectivity index (χ4n) is 2.03. The first kappa shape index (κ1) is 13.0. The molecule has 1 aromatic heterocycles. The first-order valence-electron chi connectivity index (χ1n) is 6.50. The van der Waals surface area contributed by atoms with Crippen molar-refractivity contribution in [2.24, 2.45) is 17.3 Å². The fourth-order valence-corrected chi connectivity index (χ4v) is 2.03. The molecule has 1 heterocycles. The summed E-state index contributed by atoms with van der Waals surface area (Å²) in [5.41, 5.74) is 0.845. The normalized spacial score (nSPS) is 20.8. The van der Waals surface area contributed by atoms with E-state index in [0.29, 0.717) is 11.6 Å². The number of carbonyl (C=O) groups excluding carboxylic acids is 1. The summed E-state index contributed by atoms with van der Waals surface area (Å²) < 4.78 is 0. The highest BCUT2D eigenvalue weighted by Gasteiger charge is 2.50. The molecule has 0 spiro atoms. The number of hydrogen-bond acceptors (Lipinski definition) is 3. The van der Waals surface area contributed by atoms with Gasteiger partial charge in [0.05, 0.1) is 18.1 Å². The van der Waals surface area contributed by atoms with Crippen molar-refractivity contribution in [1.29, 1.82) is 0 Å². The molecule has 1 atom stereocenters. The van der Waals surface area contributed by atoms with Gasteiger partial charge >= 0.3 is 0 Å². The molecule has 1 aromatic rings. The highest BCUT2D eigenvalue weighted by molar-refractivity contribution is 5.94. The van der Waals surface area contributed by atoms with Crippen LogP contribution in [0.5, 0.6) is 0 Å². The molecule has 0 aromatic carbocycles.